The first-order valence-electron chi connectivity index (χ1n) is 9.16. The van der Waals surface area contributed by atoms with Gasteiger partial charge in [-0.2, -0.15) is 0 Å². The molecule has 2 aromatic carbocycles. The van der Waals surface area contributed by atoms with E-state index >= 15 is 0 Å². The van der Waals surface area contributed by atoms with E-state index in [9.17, 15) is 0 Å². The Morgan fingerprint density at radius 2 is 0.962 bits per heavy atom. The fourth-order valence-electron chi connectivity index (χ4n) is 4.23. The summed E-state index contributed by atoms with van der Waals surface area (Å²) in [6.45, 7) is 14.1. The van der Waals surface area contributed by atoms with Crippen LogP contribution in [-0.2, 0) is 16.2 Å². The van der Waals surface area contributed by atoms with Crippen molar-refractivity contribution in [1.82, 2.24) is 3.92 Å². The van der Waals surface area contributed by atoms with Crippen molar-refractivity contribution in [3.63, 3.8) is 0 Å². The van der Waals surface area contributed by atoms with E-state index in [-0.39, 0.29) is 12.1 Å². The van der Waals surface area contributed by atoms with Crippen molar-refractivity contribution in [1.29, 1.82) is 0 Å². The van der Waals surface area contributed by atoms with Crippen LogP contribution in [-0.4, -0.2) is 17.0 Å². The van der Waals surface area contributed by atoms with Gasteiger partial charge in [0.05, 0.1) is 0 Å². The molecular weight excluding hydrogens is 362 g/mol. The van der Waals surface area contributed by atoms with Crippen LogP contribution in [0.4, 0.5) is 0 Å². The van der Waals surface area contributed by atoms with Crippen LogP contribution in [0.25, 0.3) is 0 Å². The molecule has 26 heavy (non-hydrogen) atoms. The molecule has 2 aromatic rings. The van der Waals surface area contributed by atoms with Crippen molar-refractivity contribution in [2.75, 3.05) is 13.1 Å². The molecule has 0 fully saturated rings. The molecule has 0 saturated heterocycles. The molecule has 0 aliphatic rings. The summed E-state index contributed by atoms with van der Waals surface area (Å²) in [6.07, 6.45) is 0. The molecule has 0 aliphatic carbocycles. The molecule has 0 amide bonds. The summed E-state index contributed by atoms with van der Waals surface area (Å²) >= 11 is 4.20. The maximum atomic E-state index is 6.52. The summed E-state index contributed by atoms with van der Waals surface area (Å²) in [4.78, 5) is 0. The zero-order chi connectivity index (χ0) is 19.6. The number of rotatable bonds is 6. The van der Waals surface area contributed by atoms with Gasteiger partial charge in [-0.1, -0.05) is 0 Å². The van der Waals surface area contributed by atoms with Gasteiger partial charge in [0.15, 0.2) is 0 Å². The fourth-order valence-corrected chi connectivity index (χ4v) is 4.66. The van der Waals surface area contributed by atoms with Crippen molar-refractivity contribution < 1.29 is 16.2 Å². The van der Waals surface area contributed by atoms with Crippen LogP contribution < -0.4 is 11.5 Å². The summed E-state index contributed by atoms with van der Waals surface area (Å²) in [5, 5.41) is 0. The van der Waals surface area contributed by atoms with Gasteiger partial charge >= 0.3 is 167 Å². The van der Waals surface area contributed by atoms with E-state index in [1.54, 1.807) is 0 Å². The molecule has 0 bridgehead atoms. The molecule has 0 aliphatic heterocycles. The zero-order valence-electron chi connectivity index (χ0n) is 16.8. The first-order valence-corrected chi connectivity index (χ1v) is 9.65. The molecule has 0 saturated carbocycles. The molecular formula is C22H32FeN3. The number of aryl methyl sites for hydroxylation is 6. The Kier molecular flexibility index (Phi) is 7.06. The Labute approximate surface area is 167 Å². The molecule has 0 radical (unpaired) electrons. The number of hydrogen-bond donors (Lipinski definition) is 2. The van der Waals surface area contributed by atoms with Gasteiger partial charge in [-0.3, -0.25) is 0 Å². The van der Waals surface area contributed by atoms with Crippen LogP contribution in [0.1, 0.15) is 56.6 Å². The molecule has 2 rings (SSSR count). The second-order valence-corrected chi connectivity index (χ2v) is 8.35. The van der Waals surface area contributed by atoms with Crippen LogP contribution in [0.3, 0.4) is 0 Å². The van der Waals surface area contributed by atoms with E-state index in [4.69, 9.17) is 11.5 Å². The van der Waals surface area contributed by atoms with Crippen LogP contribution in [0.2, 0.25) is 0 Å². The summed E-state index contributed by atoms with van der Waals surface area (Å²) in [7, 11) is 0. The average Bonchev–Trinajstić information content (AvgIpc) is 2.44. The topological polar surface area (TPSA) is 55.3 Å². The van der Waals surface area contributed by atoms with E-state index in [1.807, 2.05) is 3.92 Å². The van der Waals surface area contributed by atoms with Gasteiger partial charge in [-0.05, 0) is 0 Å². The number of benzene rings is 2. The third-order valence-electron chi connectivity index (χ3n) is 5.00. The summed E-state index contributed by atoms with van der Waals surface area (Å²) in [5.74, 6) is 0. The van der Waals surface area contributed by atoms with E-state index in [0.717, 1.165) is 0 Å². The Balaban J connectivity index is 2.10. The van der Waals surface area contributed by atoms with Crippen LogP contribution in [0, 0.1) is 41.5 Å². The summed E-state index contributed by atoms with van der Waals surface area (Å²) in [5.41, 5.74) is 23.0. The molecule has 0 heterocycles. The van der Waals surface area contributed by atoms with Crippen molar-refractivity contribution in [2.24, 2.45) is 11.5 Å². The minimum atomic E-state index is -0.0690. The average molecular weight is 394 g/mol. The molecule has 3 nitrogen and oxygen atoms in total. The van der Waals surface area contributed by atoms with Gasteiger partial charge in [-0.25, -0.2) is 0 Å². The Morgan fingerprint density at radius 3 is 1.23 bits per heavy atom. The fraction of sp³-hybridized carbons (Fsp3) is 0.455. The molecule has 2 atom stereocenters. The van der Waals surface area contributed by atoms with E-state index < -0.39 is 0 Å². The van der Waals surface area contributed by atoms with Gasteiger partial charge in [0.25, 0.3) is 0 Å². The second kappa shape index (κ2) is 8.69. The molecule has 4 heteroatoms. The molecule has 0 aromatic heterocycles. The van der Waals surface area contributed by atoms with Gasteiger partial charge in [0.2, 0.25) is 0 Å². The normalized spacial score (nSPS) is 13.9. The van der Waals surface area contributed by atoms with Crippen molar-refractivity contribution in [3.8, 4) is 0 Å². The second-order valence-electron chi connectivity index (χ2n) is 7.65. The van der Waals surface area contributed by atoms with Crippen molar-refractivity contribution in [3.05, 3.63) is 68.8 Å². The van der Waals surface area contributed by atoms with Gasteiger partial charge < -0.3 is 0 Å². The monoisotopic (exact) mass is 394 g/mol. The third kappa shape index (κ3) is 4.97. The van der Waals surface area contributed by atoms with E-state index in [1.165, 1.54) is 44.5 Å². The summed E-state index contributed by atoms with van der Waals surface area (Å²) in [6, 6.07) is 8.64. The van der Waals surface area contributed by atoms with Crippen molar-refractivity contribution in [2.45, 2.75) is 53.6 Å². The van der Waals surface area contributed by atoms with Gasteiger partial charge in [0, 0.05) is 0 Å². The Morgan fingerprint density at radius 1 is 0.692 bits per heavy atom. The minimum absolute atomic E-state index is 0.0690. The molecule has 143 valence electrons. The van der Waals surface area contributed by atoms with E-state index in [0.29, 0.717) is 13.1 Å². The molecule has 0 spiro atoms. The predicted octanol–water partition coefficient (Wildman–Crippen LogP) is 4.00. The van der Waals surface area contributed by atoms with Gasteiger partial charge in [0.1, 0.15) is 0 Å². The van der Waals surface area contributed by atoms with Gasteiger partial charge in [-0.15, -0.1) is 0 Å². The molecule has 4 N–H and O–H groups in total. The van der Waals surface area contributed by atoms with Crippen LogP contribution in [0.15, 0.2) is 24.3 Å². The maximum absolute atomic E-state index is 6.52. The Bertz CT molecular complexity index is 673. The zero-order valence-corrected chi connectivity index (χ0v) is 17.9. The van der Waals surface area contributed by atoms with Crippen molar-refractivity contribution >= 4 is 0 Å². The SMILES string of the molecule is Cc1cc(C)c(C(N)C[N]([Fe])CC(N)c2c(C)cc(C)cc2C)c(C)c1. The quantitative estimate of drug-likeness (QED) is 0.729. The predicted molar refractivity (Wildman–Crippen MR) is 107 cm³/mol. The number of nitrogens with zero attached hydrogens (tertiary/aromatic N) is 1. The first-order chi connectivity index (χ1) is 12.1. The standard InChI is InChI=1S/C22H32N3.Fe/c1-13-7-15(3)21(16(4)8-13)19(23)11-25-12-20(24)22-17(5)9-14(2)10-18(22)6;/h7-10,19-20H,11-12,23-24H2,1-6H3;/q-1;+1. The number of hydrogen-bond acceptors (Lipinski definition) is 3. The first kappa shape index (κ1) is 21.1. The van der Waals surface area contributed by atoms with E-state index in [2.05, 4.69) is 82.0 Å². The molecule has 2 unspecified atom stereocenters. The van der Waals surface area contributed by atoms with Crippen LogP contribution >= 0.6 is 0 Å². The summed E-state index contributed by atoms with van der Waals surface area (Å²) < 4.78 is 2.01. The Hall–Kier alpha value is -1.16. The number of nitrogens with two attached hydrogens (primary N) is 2. The third-order valence-corrected chi connectivity index (χ3v) is 5.40. The van der Waals surface area contributed by atoms with Crippen LogP contribution in [0.5, 0.6) is 0 Å².